The molecule has 1 rings (SSSR count). The maximum absolute atomic E-state index is 12.0. The maximum atomic E-state index is 12.0. The fourth-order valence-corrected chi connectivity index (χ4v) is 2.78. The molecular weight excluding hydrogens is 218 g/mol. The minimum absolute atomic E-state index is 0.0926. The van der Waals surface area contributed by atoms with Crippen LogP contribution in [0.15, 0.2) is 0 Å². The van der Waals surface area contributed by atoms with Gasteiger partial charge >= 0.3 is 5.97 Å². The SMILES string of the molecule is CCCN(C)C(=O)CC1(CC(=O)O)CCCC1. The van der Waals surface area contributed by atoms with Crippen molar-refractivity contribution < 1.29 is 14.7 Å². The van der Waals surface area contributed by atoms with Gasteiger partial charge in [-0.3, -0.25) is 9.59 Å². The van der Waals surface area contributed by atoms with E-state index in [4.69, 9.17) is 5.11 Å². The van der Waals surface area contributed by atoms with Crippen molar-refractivity contribution in [1.29, 1.82) is 0 Å². The van der Waals surface area contributed by atoms with Gasteiger partial charge in [-0.2, -0.15) is 0 Å². The first-order chi connectivity index (χ1) is 7.99. The Balaban J connectivity index is 2.60. The van der Waals surface area contributed by atoms with Crippen LogP contribution in [0.1, 0.15) is 51.9 Å². The molecule has 0 aliphatic heterocycles. The third-order valence-electron chi connectivity index (χ3n) is 3.70. The van der Waals surface area contributed by atoms with Gasteiger partial charge in [0, 0.05) is 20.0 Å². The molecule has 0 aromatic heterocycles. The number of carbonyl (C=O) groups excluding carboxylic acids is 1. The van der Waals surface area contributed by atoms with Crippen LogP contribution in [-0.2, 0) is 9.59 Å². The summed E-state index contributed by atoms with van der Waals surface area (Å²) in [6.45, 7) is 2.79. The largest absolute Gasteiger partial charge is 0.481 e. The summed E-state index contributed by atoms with van der Waals surface area (Å²) < 4.78 is 0. The quantitative estimate of drug-likeness (QED) is 0.776. The van der Waals surface area contributed by atoms with Gasteiger partial charge in [-0.25, -0.2) is 0 Å². The zero-order chi connectivity index (χ0) is 12.9. The highest BCUT2D eigenvalue weighted by Crippen LogP contribution is 2.44. The summed E-state index contributed by atoms with van der Waals surface area (Å²) >= 11 is 0. The van der Waals surface area contributed by atoms with Gasteiger partial charge in [0.25, 0.3) is 0 Å². The Hall–Kier alpha value is -1.06. The smallest absolute Gasteiger partial charge is 0.303 e. The summed E-state index contributed by atoms with van der Waals surface area (Å²) in [6.07, 6.45) is 5.34. The number of aliphatic carboxylic acids is 1. The molecule has 4 nitrogen and oxygen atoms in total. The standard InChI is InChI=1S/C13H23NO3/c1-3-8-14(2)11(15)9-13(10-12(16)17)6-4-5-7-13/h3-10H2,1-2H3,(H,16,17). The number of rotatable bonds is 6. The molecule has 0 aromatic carbocycles. The average molecular weight is 241 g/mol. The van der Waals surface area contributed by atoms with Gasteiger partial charge in [0.05, 0.1) is 6.42 Å². The molecule has 1 saturated carbocycles. The normalized spacial score (nSPS) is 18.0. The van der Waals surface area contributed by atoms with Crippen LogP contribution in [0.25, 0.3) is 0 Å². The van der Waals surface area contributed by atoms with Crippen LogP contribution in [0.5, 0.6) is 0 Å². The molecule has 1 fully saturated rings. The summed E-state index contributed by atoms with van der Waals surface area (Å²) in [6, 6.07) is 0. The van der Waals surface area contributed by atoms with E-state index in [0.29, 0.717) is 6.42 Å². The van der Waals surface area contributed by atoms with Crippen molar-refractivity contribution in [3.05, 3.63) is 0 Å². The van der Waals surface area contributed by atoms with Crippen molar-refractivity contribution in [3.8, 4) is 0 Å². The van der Waals surface area contributed by atoms with Crippen LogP contribution in [0.3, 0.4) is 0 Å². The highest BCUT2D eigenvalue weighted by Gasteiger charge is 2.38. The zero-order valence-electron chi connectivity index (χ0n) is 10.9. The van der Waals surface area contributed by atoms with E-state index in [-0.39, 0.29) is 17.7 Å². The molecule has 0 spiro atoms. The van der Waals surface area contributed by atoms with Gasteiger partial charge in [-0.05, 0) is 24.7 Å². The second-order valence-electron chi connectivity index (χ2n) is 5.27. The summed E-state index contributed by atoms with van der Waals surface area (Å²) in [5.41, 5.74) is -0.273. The van der Waals surface area contributed by atoms with Crippen LogP contribution >= 0.6 is 0 Å². The number of amides is 1. The predicted molar refractivity (Wildman–Crippen MR) is 65.7 cm³/mol. The second-order valence-corrected chi connectivity index (χ2v) is 5.27. The van der Waals surface area contributed by atoms with Crippen LogP contribution in [0.2, 0.25) is 0 Å². The van der Waals surface area contributed by atoms with Crippen molar-refractivity contribution in [3.63, 3.8) is 0 Å². The first kappa shape index (κ1) is 14.0. The molecule has 0 heterocycles. The van der Waals surface area contributed by atoms with E-state index in [1.165, 1.54) is 0 Å². The Labute approximate surface area is 103 Å². The third kappa shape index (κ3) is 4.02. The number of hydrogen-bond donors (Lipinski definition) is 1. The van der Waals surface area contributed by atoms with E-state index in [1.54, 1.807) is 11.9 Å². The summed E-state index contributed by atoms with van der Waals surface area (Å²) in [4.78, 5) is 24.6. The summed E-state index contributed by atoms with van der Waals surface area (Å²) in [5, 5.41) is 8.97. The van der Waals surface area contributed by atoms with Crippen LogP contribution in [0, 0.1) is 5.41 Å². The Bertz CT molecular complexity index is 282. The van der Waals surface area contributed by atoms with Gasteiger partial charge in [0.15, 0.2) is 0 Å². The molecule has 17 heavy (non-hydrogen) atoms. The average Bonchev–Trinajstić information content (AvgIpc) is 2.65. The van der Waals surface area contributed by atoms with Crippen LogP contribution in [0.4, 0.5) is 0 Å². The highest BCUT2D eigenvalue weighted by atomic mass is 16.4. The fourth-order valence-electron chi connectivity index (χ4n) is 2.78. The van der Waals surface area contributed by atoms with E-state index in [9.17, 15) is 9.59 Å². The molecule has 1 N–H and O–H groups in total. The molecule has 1 aliphatic carbocycles. The molecule has 1 amide bonds. The molecule has 0 bridgehead atoms. The first-order valence-corrected chi connectivity index (χ1v) is 6.45. The van der Waals surface area contributed by atoms with Gasteiger partial charge in [0.2, 0.25) is 5.91 Å². The molecular formula is C13H23NO3. The Morgan fingerprint density at radius 1 is 1.24 bits per heavy atom. The Morgan fingerprint density at radius 2 is 1.82 bits per heavy atom. The van der Waals surface area contributed by atoms with Crippen LogP contribution < -0.4 is 0 Å². The van der Waals surface area contributed by atoms with E-state index >= 15 is 0 Å². The number of nitrogens with zero attached hydrogens (tertiary/aromatic N) is 1. The Morgan fingerprint density at radius 3 is 2.29 bits per heavy atom. The molecule has 0 saturated heterocycles. The van der Waals surface area contributed by atoms with Crippen molar-refractivity contribution >= 4 is 11.9 Å². The van der Waals surface area contributed by atoms with Gasteiger partial charge in [0.1, 0.15) is 0 Å². The molecule has 4 heteroatoms. The second kappa shape index (κ2) is 6.03. The molecule has 0 aromatic rings. The van der Waals surface area contributed by atoms with Gasteiger partial charge in [-0.1, -0.05) is 19.8 Å². The Kier molecular flexibility index (Phi) is 4.97. The van der Waals surface area contributed by atoms with Gasteiger partial charge < -0.3 is 10.0 Å². The minimum atomic E-state index is -0.780. The van der Waals surface area contributed by atoms with Crippen molar-refractivity contribution in [2.75, 3.05) is 13.6 Å². The topological polar surface area (TPSA) is 57.6 Å². The van der Waals surface area contributed by atoms with Crippen molar-refractivity contribution in [2.24, 2.45) is 5.41 Å². The molecule has 98 valence electrons. The van der Waals surface area contributed by atoms with E-state index < -0.39 is 5.97 Å². The number of carbonyl (C=O) groups is 2. The van der Waals surface area contributed by atoms with E-state index in [2.05, 4.69) is 0 Å². The lowest BCUT2D eigenvalue weighted by Crippen LogP contribution is -2.34. The summed E-state index contributed by atoms with van der Waals surface area (Å²) in [7, 11) is 1.80. The maximum Gasteiger partial charge on any atom is 0.303 e. The lowest BCUT2D eigenvalue weighted by Gasteiger charge is -2.28. The minimum Gasteiger partial charge on any atom is -0.481 e. The third-order valence-corrected chi connectivity index (χ3v) is 3.70. The van der Waals surface area contributed by atoms with E-state index in [0.717, 1.165) is 38.6 Å². The fraction of sp³-hybridized carbons (Fsp3) is 0.846. The van der Waals surface area contributed by atoms with Gasteiger partial charge in [-0.15, -0.1) is 0 Å². The van der Waals surface area contributed by atoms with E-state index in [1.807, 2.05) is 6.92 Å². The lowest BCUT2D eigenvalue weighted by molar-refractivity contribution is -0.141. The zero-order valence-corrected chi connectivity index (χ0v) is 10.9. The number of carboxylic acid groups (broad SMARTS) is 1. The molecule has 1 aliphatic rings. The molecule has 0 unspecified atom stereocenters. The summed E-state index contributed by atoms with van der Waals surface area (Å²) in [5.74, 6) is -0.687. The lowest BCUT2D eigenvalue weighted by atomic mass is 9.79. The van der Waals surface area contributed by atoms with Crippen LogP contribution in [-0.4, -0.2) is 35.5 Å². The highest BCUT2D eigenvalue weighted by molar-refractivity contribution is 5.78. The first-order valence-electron chi connectivity index (χ1n) is 6.45. The van der Waals surface area contributed by atoms with Crippen molar-refractivity contribution in [2.45, 2.75) is 51.9 Å². The number of hydrogen-bond acceptors (Lipinski definition) is 2. The molecule has 0 radical (unpaired) electrons. The predicted octanol–water partition coefficient (Wildman–Crippen LogP) is 2.28. The number of carboxylic acids is 1. The monoisotopic (exact) mass is 241 g/mol. The molecule has 0 atom stereocenters. The van der Waals surface area contributed by atoms with Crippen molar-refractivity contribution in [1.82, 2.24) is 4.90 Å².